The maximum absolute atomic E-state index is 13.7. The molecule has 0 amide bonds. The number of nitrogens with two attached hydrogens (primary N) is 1. The summed E-state index contributed by atoms with van der Waals surface area (Å²) >= 11 is 7.74. The summed E-state index contributed by atoms with van der Waals surface area (Å²) < 4.78 is 26.9. The minimum absolute atomic E-state index is 0.205. The van der Waals surface area contributed by atoms with Crippen LogP contribution in [-0.4, -0.2) is 66.5 Å². The fourth-order valence-corrected chi connectivity index (χ4v) is 7.27. The number of likely N-dealkylation sites (tertiary alicyclic amines) is 1. The lowest BCUT2D eigenvalue weighted by molar-refractivity contribution is 0.101. The lowest BCUT2D eigenvalue weighted by Crippen LogP contribution is -2.39. The maximum Gasteiger partial charge on any atom is 0.333 e. The minimum Gasteiger partial charge on any atom is -0.393 e. The van der Waals surface area contributed by atoms with Gasteiger partial charge in [-0.1, -0.05) is 23.7 Å². The molecular formula is C26H30ClN5O5S2. The van der Waals surface area contributed by atoms with Crippen LogP contribution in [0.4, 0.5) is 5.82 Å². The highest BCUT2D eigenvalue weighted by Gasteiger charge is 2.43. The van der Waals surface area contributed by atoms with E-state index in [1.54, 1.807) is 0 Å². The zero-order valence-electron chi connectivity index (χ0n) is 21.3. The molecule has 2 aliphatic rings. The second kappa shape index (κ2) is 11.2. The van der Waals surface area contributed by atoms with Crippen LogP contribution in [0.15, 0.2) is 48.2 Å². The van der Waals surface area contributed by atoms with Crippen molar-refractivity contribution in [3.05, 3.63) is 74.8 Å². The van der Waals surface area contributed by atoms with E-state index < -0.39 is 22.3 Å². The smallest absolute Gasteiger partial charge is 0.333 e. The van der Waals surface area contributed by atoms with E-state index in [1.165, 1.54) is 23.9 Å². The molecular weight excluding hydrogens is 562 g/mol. The van der Waals surface area contributed by atoms with Crippen LogP contribution in [0.3, 0.4) is 0 Å². The number of rotatable bonds is 9. The van der Waals surface area contributed by atoms with Crippen molar-refractivity contribution < 1.29 is 22.5 Å². The molecule has 0 unspecified atom stereocenters. The van der Waals surface area contributed by atoms with E-state index in [1.807, 2.05) is 29.6 Å². The fourth-order valence-electron chi connectivity index (χ4n) is 5.79. The predicted molar refractivity (Wildman–Crippen MR) is 149 cm³/mol. The van der Waals surface area contributed by atoms with Crippen LogP contribution in [0.25, 0.3) is 0 Å². The molecule has 0 spiro atoms. The molecule has 1 saturated heterocycles. The number of aliphatic hydroxyl groups is 1. The molecule has 5 rings (SSSR count). The Morgan fingerprint density at radius 2 is 2.15 bits per heavy atom. The highest BCUT2D eigenvalue weighted by Crippen LogP contribution is 2.45. The van der Waals surface area contributed by atoms with E-state index in [9.17, 15) is 18.3 Å². The molecule has 39 heavy (non-hydrogen) atoms. The van der Waals surface area contributed by atoms with Gasteiger partial charge in [0.15, 0.2) is 0 Å². The first-order chi connectivity index (χ1) is 18.6. The van der Waals surface area contributed by atoms with Crippen molar-refractivity contribution in [2.45, 2.75) is 43.4 Å². The highest BCUT2D eigenvalue weighted by atomic mass is 35.5. The summed E-state index contributed by atoms with van der Waals surface area (Å²) in [5, 5.41) is 21.3. The van der Waals surface area contributed by atoms with Gasteiger partial charge in [0.1, 0.15) is 12.1 Å². The van der Waals surface area contributed by atoms with Crippen LogP contribution in [0.2, 0.25) is 5.02 Å². The Kier molecular flexibility index (Phi) is 8.07. The topological polar surface area (TPSA) is 148 Å². The molecule has 0 bridgehead atoms. The summed E-state index contributed by atoms with van der Waals surface area (Å²) in [6.07, 6.45) is 4.76. The third kappa shape index (κ3) is 5.87. The number of thiophene rings is 1. The standard InChI is InChI=1S/C26H30ClN5O5S2/c1-32-7-3-6-26(32,17-4-2-5-19(27)9-17)18-10-23(38-14-18)24(34)21-12-29-15-30-25(21)31-20-8-16(22(33)11-20)13-37-39(28,35)36/h2,4-5,9-10,12,14-16,20,22,33H,3,6-8,11,13H2,1H3,(H2,28,35,36)(H,29,30,31)/t16-,20-,22+,26+/m1/s1. The first-order valence-corrected chi connectivity index (χ1v) is 15.3. The summed E-state index contributed by atoms with van der Waals surface area (Å²) in [6.45, 7) is 0.719. The normalized spacial score (nSPS) is 25.7. The highest BCUT2D eigenvalue weighted by molar-refractivity contribution is 7.84. The van der Waals surface area contributed by atoms with Crippen molar-refractivity contribution in [2.24, 2.45) is 11.1 Å². The molecule has 2 fully saturated rings. The van der Waals surface area contributed by atoms with Gasteiger partial charge in [0.25, 0.3) is 0 Å². The van der Waals surface area contributed by atoms with Crippen molar-refractivity contribution in [3.63, 3.8) is 0 Å². The Hall–Kier alpha value is -2.45. The molecule has 4 N–H and O–H groups in total. The number of nitrogens with zero attached hydrogens (tertiary/aromatic N) is 3. The molecule has 1 aliphatic heterocycles. The quantitative estimate of drug-likeness (QED) is 0.319. The number of hydrogen-bond donors (Lipinski definition) is 3. The van der Waals surface area contributed by atoms with E-state index in [0.717, 1.165) is 30.5 Å². The summed E-state index contributed by atoms with van der Waals surface area (Å²) in [5.74, 6) is -0.269. The molecule has 1 aliphatic carbocycles. The van der Waals surface area contributed by atoms with Crippen molar-refractivity contribution in [3.8, 4) is 0 Å². The third-order valence-corrected chi connectivity index (χ3v) is 9.32. The molecule has 2 aromatic heterocycles. The van der Waals surface area contributed by atoms with Crippen molar-refractivity contribution in [1.82, 2.24) is 14.9 Å². The third-order valence-electron chi connectivity index (χ3n) is 7.69. The number of anilines is 1. The number of carbonyl (C=O) groups is 1. The summed E-state index contributed by atoms with van der Waals surface area (Å²) in [4.78, 5) is 25.0. The molecule has 208 valence electrons. The van der Waals surface area contributed by atoms with E-state index in [2.05, 4.69) is 37.5 Å². The Bertz CT molecular complexity index is 1470. The fraction of sp³-hybridized carbons (Fsp3) is 0.423. The van der Waals surface area contributed by atoms with Gasteiger partial charge < -0.3 is 10.4 Å². The molecule has 4 atom stereocenters. The first-order valence-electron chi connectivity index (χ1n) is 12.6. The van der Waals surface area contributed by atoms with Gasteiger partial charge in [-0.05, 0) is 74.0 Å². The average molecular weight is 592 g/mol. The zero-order chi connectivity index (χ0) is 27.8. The second-order valence-corrected chi connectivity index (χ2v) is 12.7. The van der Waals surface area contributed by atoms with Gasteiger partial charge in [0, 0.05) is 23.2 Å². The Labute approximate surface area is 236 Å². The van der Waals surface area contributed by atoms with Crippen molar-refractivity contribution in [1.29, 1.82) is 0 Å². The number of ketones is 1. The monoisotopic (exact) mass is 591 g/mol. The molecule has 13 heteroatoms. The lowest BCUT2D eigenvalue weighted by Gasteiger charge is -2.36. The predicted octanol–water partition coefficient (Wildman–Crippen LogP) is 3.16. The van der Waals surface area contributed by atoms with Gasteiger partial charge in [-0.3, -0.25) is 13.9 Å². The van der Waals surface area contributed by atoms with Gasteiger partial charge in [0.2, 0.25) is 5.78 Å². The Morgan fingerprint density at radius 3 is 2.87 bits per heavy atom. The average Bonchev–Trinajstić information content (AvgIpc) is 3.61. The van der Waals surface area contributed by atoms with Crippen molar-refractivity contribution in [2.75, 3.05) is 25.5 Å². The van der Waals surface area contributed by atoms with Crippen LogP contribution in [-0.2, 0) is 20.0 Å². The maximum atomic E-state index is 13.7. The SMILES string of the molecule is CN1CCC[C@]1(c1cccc(Cl)c1)c1csc(C(=O)c2cncnc2N[C@@H]2C[C@H](COS(N)(=O)=O)[C@@H](O)C2)c1. The largest absolute Gasteiger partial charge is 0.393 e. The number of benzene rings is 1. The molecule has 1 aromatic carbocycles. The molecule has 0 radical (unpaired) electrons. The number of aromatic nitrogens is 2. The van der Waals surface area contributed by atoms with Crippen LogP contribution >= 0.6 is 22.9 Å². The molecule has 10 nitrogen and oxygen atoms in total. The van der Waals surface area contributed by atoms with Crippen LogP contribution in [0.1, 0.15) is 52.0 Å². The summed E-state index contributed by atoms with van der Waals surface area (Å²) in [5.41, 5.74) is 2.09. The number of carbonyl (C=O) groups excluding carboxylic acids is 1. The van der Waals surface area contributed by atoms with Gasteiger partial charge >= 0.3 is 10.3 Å². The van der Waals surface area contributed by atoms with Gasteiger partial charge in [-0.2, -0.15) is 8.42 Å². The van der Waals surface area contributed by atoms with E-state index in [0.29, 0.717) is 34.1 Å². The summed E-state index contributed by atoms with van der Waals surface area (Å²) in [6, 6.07) is 9.59. The lowest BCUT2D eigenvalue weighted by atomic mass is 9.82. The van der Waals surface area contributed by atoms with Crippen molar-refractivity contribution >= 4 is 44.8 Å². The van der Waals surface area contributed by atoms with Crippen LogP contribution < -0.4 is 10.5 Å². The Balaban J connectivity index is 1.37. The van der Waals surface area contributed by atoms with E-state index in [-0.39, 0.29) is 24.0 Å². The van der Waals surface area contributed by atoms with Crippen LogP contribution in [0, 0.1) is 5.92 Å². The second-order valence-electron chi connectivity index (χ2n) is 10.1. The van der Waals surface area contributed by atoms with E-state index >= 15 is 0 Å². The number of halogens is 1. The van der Waals surface area contributed by atoms with Gasteiger partial charge in [-0.25, -0.2) is 15.1 Å². The van der Waals surface area contributed by atoms with Crippen LogP contribution in [0.5, 0.6) is 0 Å². The number of aliphatic hydroxyl groups excluding tert-OH is 1. The number of hydrogen-bond acceptors (Lipinski definition) is 10. The number of nitrogens with one attached hydrogen (secondary N) is 1. The summed E-state index contributed by atoms with van der Waals surface area (Å²) in [7, 11) is -2.00. The molecule has 1 saturated carbocycles. The van der Waals surface area contributed by atoms with Gasteiger partial charge in [0.05, 0.1) is 28.7 Å². The Morgan fingerprint density at radius 1 is 1.33 bits per heavy atom. The molecule has 3 heterocycles. The minimum atomic E-state index is -4.10. The van der Waals surface area contributed by atoms with Gasteiger partial charge in [-0.15, -0.1) is 11.3 Å². The molecule has 3 aromatic rings. The van der Waals surface area contributed by atoms with E-state index in [4.69, 9.17) is 16.7 Å². The zero-order valence-corrected chi connectivity index (χ0v) is 23.7. The first kappa shape index (κ1) is 28.1.